The summed E-state index contributed by atoms with van der Waals surface area (Å²) in [4.78, 5) is 38.2. The summed E-state index contributed by atoms with van der Waals surface area (Å²) < 4.78 is 16.9. The fraction of sp³-hybridized carbons (Fsp3) is 0.696. The van der Waals surface area contributed by atoms with Crippen LogP contribution < -0.4 is 0 Å². The molecule has 0 fully saturated rings. The lowest BCUT2D eigenvalue weighted by molar-refractivity contribution is -0.167. The quantitative estimate of drug-likeness (QED) is 0.0261. The van der Waals surface area contributed by atoms with Crippen LogP contribution in [0.4, 0.5) is 0 Å². The van der Waals surface area contributed by atoms with E-state index in [2.05, 4.69) is 130 Å². The molecule has 0 rings (SSSR count). The van der Waals surface area contributed by atoms with E-state index in [-0.39, 0.29) is 31.1 Å². The molecule has 0 saturated heterocycles. The van der Waals surface area contributed by atoms with Crippen LogP contribution in [0.3, 0.4) is 0 Å². The Labute approximate surface area is 463 Å². The van der Waals surface area contributed by atoms with E-state index >= 15 is 0 Å². The van der Waals surface area contributed by atoms with Crippen LogP contribution in [0.2, 0.25) is 0 Å². The smallest absolute Gasteiger partial charge is 0.306 e. The molecule has 1 unspecified atom stereocenters. The van der Waals surface area contributed by atoms with Crippen molar-refractivity contribution in [3.8, 4) is 0 Å². The Morgan fingerprint density at radius 2 is 0.520 bits per heavy atom. The number of hydrogen-bond acceptors (Lipinski definition) is 6. The first-order valence-corrected chi connectivity index (χ1v) is 31.4. The standard InChI is InChI=1S/C69H116O6/c1-4-7-10-13-16-19-22-25-27-28-29-30-31-32-33-34-35-36-37-38-39-40-42-44-47-50-53-56-59-62-68(71)74-65-66(64-73-67(70)61-58-55-52-49-46-43-24-21-18-15-12-9-6-3)75-69(72)63-60-57-54-51-48-45-41-26-23-20-17-14-11-8-5-2/h7,10,16,19,21,24-27,29-30,32-33,35-36,38-39,41,66H,4-6,8-9,11-15,17-18,20,22-23,28,31,34,37,40,42-65H2,1-3H3/b10-7-,19-16-,24-21-,27-25-,30-29-,33-32-,36-35-,39-38-,41-26-. The van der Waals surface area contributed by atoms with Crippen LogP contribution in [0.15, 0.2) is 109 Å². The number of carbonyl (C=O) groups excluding carboxylic acids is 3. The summed E-state index contributed by atoms with van der Waals surface area (Å²) in [7, 11) is 0. The number of esters is 3. The molecule has 6 heteroatoms. The van der Waals surface area contributed by atoms with Gasteiger partial charge >= 0.3 is 17.9 Å². The zero-order chi connectivity index (χ0) is 54.3. The van der Waals surface area contributed by atoms with E-state index in [1.54, 1.807) is 0 Å². The lowest BCUT2D eigenvalue weighted by atomic mass is 10.1. The van der Waals surface area contributed by atoms with Crippen LogP contribution in [0.5, 0.6) is 0 Å². The Morgan fingerprint density at radius 1 is 0.280 bits per heavy atom. The lowest BCUT2D eigenvalue weighted by Gasteiger charge is -2.18. The third kappa shape index (κ3) is 60.8. The molecule has 0 bridgehead atoms. The van der Waals surface area contributed by atoms with Gasteiger partial charge < -0.3 is 14.2 Å². The van der Waals surface area contributed by atoms with E-state index in [0.717, 1.165) is 128 Å². The molecule has 0 aromatic carbocycles. The second-order valence-corrected chi connectivity index (χ2v) is 20.6. The molecule has 0 spiro atoms. The maximum Gasteiger partial charge on any atom is 0.306 e. The van der Waals surface area contributed by atoms with Crippen molar-refractivity contribution in [1.29, 1.82) is 0 Å². The van der Waals surface area contributed by atoms with Crippen molar-refractivity contribution >= 4 is 17.9 Å². The summed E-state index contributed by atoms with van der Waals surface area (Å²) in [6.07, 6.45) is 85.2. The molecule has 1 atom stereocenters. The van der Waals surface area contributed by atoms with Gasteiger partial charge in [0.1, 0.15) is 13.2 Å². The number of rotatable bonds is 56. The number of hydrogen-bond donors (Lipinski definition) is 0. The summed E-state index contributed by atoms with van der Waals surface area (Å²) in [5.41, 5.74) is 0. The predicted molar refractivity (Wildman–Crippen MR) is 325 cm³/mol. The molecular weight excluding hydrogens is 925 g/mol. The minimum atomic E-state index is -0.792. The van der Waals surface area contributed by atoms with E-state index in [9.17, 15) is 14.4 Å². The first-order chi connectivity index (χ1) is 37.0. The van der Waals surface area contributed by atoms with Crippen LogP contribution in [0, 0.1) is 0 Å². The van der Waals surface area contributed by atoms with Crippen molar-refractivity contribution in [2.24, 2.45) is 0 Å². The van der Waals surface area contributed by atoms with Crippen molar-refractivity contribution < 1.29 is 28.6 Å². The van der Waals surface area contributed by atoms with Gasteiger partial charge in [0, 0.05) is 19.3 Å². The van der Waals surface area contributed by atoms with E-state index < -0.39 is 6.10 Å². The van der Waals surface area contributed by atoms with Crippen molar-refractivity contribution in [3.05, 3.63) is 109 Å². The monoisotopic (exact) mass is 1040 g/mol. The number of carbonyl (C=O) groups is 3. The third-order valence-electron chi connectivity index (χ3n) is 13.2. The third-order valence-corrected chi connectivity index (χ3v) is 13.2. The number of ether oxygens (including phenoxy) is 3. The molecule has 0 aliphatic rings. The second-order valence-electron chi connectivity index (χ2n) is 20.6. The summed E-state index contributed by atoms with van der Waals surface area (Å²) in [5.74, 6) is -0.912. The van der Waals surface area contributed by atoms with Gasteiger partial charge in [-0.15, -0.1) is 0 Å². The Balaban J connectivity index is 4.33. The largest absolute Gasteiger partial charge is 0.462 e. The molecule has 6 nitrogen and oxygen atoms in total. The zero-order valence-electron chi connectivity index (χ0n) is 49.0. The first-order valence-electron chi connectivity index (χ1n) is 31.4. The van der Waals surface area contributed by atoms with Crippen LogP contribution in [0.25, 0.3) is 0 Å². The Morgan fingerprint density at radius 3 is 0.840 bits per heavy atom. The molecular formula is C69H116O6. The highest BCUT2D eigenvalue weighted by Crippen LogP contribution is 2.15. The SMILES string of the molecule is CC/C=C\C/C=C\C/C=C\C/C=C\C/C=C\C/C=C\C/C=C\CCCCCCCCCC(=O)OCC(COC(=O)CCCCCCC/C=C\CCCCCC)OC(=O)CCCCCCC/C=C\CCCCCCCC. The molecule has 0 aliphatic heterocycles. The molecule has 0 aliphatic carbocycles. The van der Waals surface area contributed by atoms with E-state index in [1.807, 2.05) is 0 Å². The minimum absolute atomic E-state index is 0.0890. The number of allylic oxidation sites excluding steroid dienone is 18. The van der Waals surface area contributed by atoms with E-state index in [0.29, 0.717) is 19.3 Å². The Kier molecular flexibility index (Phi) is 59.3. The molecule has 75 heavy (non-hydrogen) atoms. The van der Waals surface area contributed by atoms with Gasteiger partial charge in [0.05, 0.1) is 0 Å². The van der Waals surface area contributed by atoms with Gasteiger partial charge in [-0.25, -0.2) is 0 Å². The maximum absolute atomic E-state index is 12.9. The molecule has 0 heterocycles. The highest BCUT2D eigenvalue weighted by Gasteiger charge is 2.19. The van der Waals surface area contributed by atoms with Crippen molar-refractivity contribution in [2.75, 3.05) is 13.2 Å². The van der Waals surface area contributed by atoms with Crippen LogP contribution >= 0.6 is 0 Å². The number of unbranched alkanes of at least 4 members (excludes halogenated alkanes) is 27. The highest BCUT2D eigenvalue weighted by atomic mass is 16.6. The highest BCUT2D eigenvalue weighted by molar-refractivity contribution is 5.71. The topological polar surface area (TPSA) is 78.9 Å². The van der Waals surface area contributed by atoms with Gasteiger partial charge in [-0.3, -0.25) is 14.4 Å². The molecule has 0 saturated carbocycles. The molecule has 428 valence electrons. The van der Waals surface area contributed by atoms with Crippen LogP contribution in [-0.2, 0) is 28.6 Å². The minimum Gasteiger partial charge on any atom is -0.462 e. The zero-order valence-corrected chi connectivity index (χ0v) is 49.0. The van der Waals surface area contributed by atoms with Gasteiger partial charge in [0.2, 0.25) is 0 Å². The summed E-state index contributed by atoms with van der Waals surface area (Å²) in [5, 5.41) is 0. The van der Waals surface area contributed by atoms with E-state index in [1.165, 1.54) is 122 Å². The first kappa shape index (κ1) is 71.1. The van der Waals surface area contributed by atoms with Crippen molar-refractivity contribution in [1.82, 2.24) is 0 Å². The van der Waals surface area contributed by atoms with Crippen LogP contribution in [-0.4, -0.2) is 37.2 Å². The second kappa shape index (κ2) is 62.6. The fourth-order valence-electron chi connectivity index (χ4n) is 8.53. The average Bonchev–Trinajstić information content (AvgIpc) is 3.41. The normalized spacial score (nSPS) is 12.8. The van der Waals surface area contributed by atoms with Gasteiger partial charge in [0.15, 0.2) is 6.10 Å². The van der Waals surface area contributed by atoms with Crippen molar-refractivity contribution in [2.45, 2.75) is 297 Å². The molecule has 0 amide bonds. The molecule has 0 aromatic rings. The molecule has 0 radical (unpaired) electrons. The van der Waals surface area contributed by atoms with Crippen molar-refractivity contribution in [3.63, 3.8) is 0 Å². The van der Waals surface area contributed by atoms with Gasteiger partial charge in [0.25, 0.3) is 0 Å². The molecule has 0 aromatic heterocycles. The Bertz CT molecular complexity index is 1520. The van der Waals surface area contributed by atoms with Gasteiger partial charge in [-0.2, -0.15) is 0 Å². The van der Waals surface area contributed by atoms with Crippen LogP contribution in [0.1, 0.15) is 290 Å². The van der Waals surface area contributed by atoms with E-state index in [4.69, 9.17) is 14.2 Å². The predicted octanol–water partition coefficient (Wildman–Crippen LogP) is 21.4. The molecule has 0 N–H and O–H groups in total. The summed E-state index contributed by atoms with van der Waals surface area (Å²) in [6, 6.07) is 0. The maximum atomic E-state index is 12.9. The average molecular weight is 1040 g/mol. The fourth-order valence-corrected chi connectivity index (χ4v) is 8.53. The summed E-state index contributed by atoms with van der Waals surface area (Å²) >= 11 is 0. The van der Waals surface area contributed by atoms with Gasteiger partial charge in [-0.1, -0.05) is 252 Å². The lowest BCUT2D eigenvalue weighted by Crippen LogP contribution is -2.30. The Hall–Kier alpha value is -3.93. The summed E-state index contributed by atoms with van der Waals surface area (Å²) in [6.45, 7) is 6.49. The van der Waals surface area contributed by atoms with Gasteiger partial charge in [-0.05, 0) is 128 Å².